The molecule has 0 fully saturated rings. The lowest BCUT2D eigenvalue weighted by atomic mass is 10.0. The third-order valence-corrected chi connectivity index (χ3v) is 2.09. The lowest BCUT2D eigenvalue weighted by Gasteiger charge is -2.10. The number of halogens is 2. The normalized spacial score (nSPS) is 11.8. The highest BCUT2D eigenvalue weighted by atomic mass is 19.2. The fourth-order valence-electron chi connectivity index (χ4n) is 1.18. The Morgan fingerprint density at radius 3 is 2.59 bits per heavy atom. The van der Waals surface area contributed by atoms with E-state index in [1.165, 1.54) is 25.3 Å². The van der Waals surface area contributed by atoms with E-state index in [-0.39, 0.29) is 5.56 Å². The van der Waals surface area contributed by atoms with Crippen LogP contribution in [0.5, 0.6) is 0 Å². The molecule has 0 amide bonds. The molecule has 0 aliphatic rings. The number of nitrogens with zero attached hydrogens (tertiary/aromatic N) is 1. The second-order valence-corrected chi connectivity index (χ2v) is 3.78. The van der Waals surface area contributed by atoms with Gasteiger partial charge in [0.05, 0.1) is 5.56 Å². The van der Waals surface area contributed by atoms with E-state index in [2.05, 4.69) is 5.43 Å². The Balaban J connectivity index is 2.97. The number of carbonyl (C=O) groups excluding carboxylic acids is 1. The van der Waals surface area contributed by atoms with Crippen molar-refractivity contribution in [1.29, 1.82) is 0 Å². The van der Waals surface area contributed by atoms with Crippen LogP contribution in [0.4, 0.5) is 8.78 Å². The van der Waals surface area contributed by atoms with Gasteiger partial charge in [0.2, 0.25) is 0 Å². The smallest absolute Gasteiger partial charge is 0.193 e. The zero-order valence-corrected chi connectivity index (χ0v) is 9.92. The summed E-state index contributed by atoms with van der Waals surface area (Å²) in [7, 11) is 3.49. The van der Waals surface area contributed by atoms with Crippen LogP contribution in [-0.2, 0) is 0 Å². The maximum atomic E-state index is 13.4. The topological polar surface area (TPSA) is 32.3 Å². The second kappa shape index (κ2) is 5.54. The number of carbonyl (C=O) groups is 1. The van der Waals surface area contributed by atoms with Gasteiger partial charge in [0, 0.05) is 25.9 Å². The van der Waals surface area contributed by atoms with Gasteiger partial charge in [-0.15, -0.1) is 0 Å². The third kappa shape index (κ3) is 3.35. The van der Waals surface area contributed by atoms with Gasteiger partial charge in [0.15, 0.2) is 17.4 Å². The molecule has 1 N–H and O–H groups in total. The van der Waals surface area contributed by atoms with Gasteiger partial charge in [0.1, 0.15) is 0 Å². The van der Waals surface area contributed by atoms with Crippen molar-refractivity contribution in [2.24, 2.45) is 0 Å². The fraction of sp³-hybridized carbons (Fsp3) is 0.250. The van der Waals surface area contributed by atoms with Crippen molar-refractivity contribution in [1.82, 2.24) is 10.4 Å². The molecule has 1 aromatic carbocycles. The lowest BCUT2D eigenvalue weighted by Crippen LogP contribution is -2.26. The minimum atomic E-state index is -1.12. The van der Waals surface area contributed by atoms with Crippen molar-refractivity contribution in [3.8, 4) is 0 Å². The number of benzene rings is 1. The van der Waals surface area contributed by atoms with Gasteiger partial charge in [-0.05, 0) is 19.1 Å². The van der Waals surface area contributed by atoms with E-state index in [1.54, 1.807) is 19.1 Å². The van der Waals surface area contributed by atoms with E-state index in [1.807, 2.05) is 0 Å². The molecule has 1 aromatic rings. The minimum Gasteiger partial charge on any atom is -0.326 e. The Morgan fingerprint density at radius 1 is 1.35 bits per heavy atom. The molecular weight excluding hydrogens is 226 g/mol. The van der Waals surface area contributed by atoms with Gasteiger partial charge in [-0.2, -0.15) is 0 Å². The van der Waals surface area contributed by atoms with Crippen LogP contribution in [0.2, 0.25) is 0 Å². The first-order valence-corrected chi connectivity index (χ1v) is 5.02. The first-order chi connectivity index (χ1) is 7.93. The van der Waals surface area contributed by atoms with E-state index in [4.69, 9.17) is 0 Å². The zero-order valence-electron chi connectivity index (χ0n) is 9.92. The van der Waals surface area contributed by atoms with Gasteiger partial charge in [0.25, 0.3) is 0 Å². The molecular formula is C12H14F2N2O. The predicted molar refractivity (Wildman–Crippen MR) is 61.3 cm³/mol. The monoisotopic (exact) mass is 240 g/mol. The quantitative estimate of drug-likeness (QED) is 0.497. The molecule has 92 valence electrons. The molecule has 17 heavy (non-hydrogen) atoms. The molecule has 0 saturated heterocycles. The summed E-state index contributed by atoms with van der Waals surface area (Å²) >= 11 is 0. The van der Waals surface area contributed by atoms with Crippen LogP contribution in [0.25, 0.3) is 0 Å². The number of hydrogen-bond donors (Lipinski definition) is 1. The Hall–Kier alpha value is -1.75. The van der Waals surface area contributed by atoms with E-state index in [9.17, 15) is 13.6 Å². The Morgan fingerprint density at radius 2 is 2.00 bits per heavy atom. The average molecular weight is 240 g/mol. The number of hydrazine groups is 1. The summed E-state index contributed by atoms with van der Waals surface area (Å²) < 4.78 is 26.3. The van der Waals surface area contributed by atoms with Crippen LogP contribution in [0.3, 0.4) is 0 Å². The highest BCUT2D eigenvalue weighted by Crippen LogP contribution is 2.15. The summed E-state index contributed by atoms with van der Waals surface area (Å²) in [4.78, 5) is 11.8. The van der Waals surface area contributed by atoms with Crippen molar-refractivity contribution in [2.75, 3.05) is 14.1 Å². The number of nitrogens with one attached hydrogen (secondary N) is 1. The molecule has 3 nitrogen and oxygen atoms in total. The Bertz CT molecular complexity index is 456. The van der Waals surface area contributed by atoms with Crippen molar-refractivity contribution in [2.45, 2.75) is 6.92 Å². The van der Waals surface area contributed by atoms with Gasteiger partial charge in [-0.25, -0.2) is 13.8 Å². The van der Waals surface area contributed by atoms with E-state index in [0.717, 1.165) is 6.07 Å². The number of ketones is 1. The molecule has 0 aromatic heterocycles. The van der Waals surface area contributed by atoms with Crippen molar-refractivity contribution < 1.29 is 13.6 Å². The largest absolute Gasteiger partial charge is 0.326 e. The van der Waals surface area contributed by atoms with Crippen LogP contribution in [0, 0.1) is 11.6 Å². The Labute approximate surface area is 98.7 Å². The molecule has 0 bridgehead atoms. The molecule has 0 radical (unpaired) electrons. The van der Waals surface area contributed by atoms with Crippen LogP contribution < -0.4 is 5.43 Å². The van der Waals surface area contributed by atoms with Gasteiger partial charge >= 0.3 is 0 Å². The molecule has 1 rings (SSSR count). The number of allylic oxidation sites excluding steroid dienone is 1. The fourth-order valence-corrected chi connectivity index (χ4v) is 1.18. The predicted octanol–water partition coefficient (Wildman–Crippen LogP) is 2.12. The van der Waals surface area contributed by atoms with E-state index in [0.29, 0.717) is 5.57 Å². The highest BCUT2D eigenvalue weighted by Gasteiger charge is 2.16. The zero-order chi connectivity index (χ0) is 13.0. The van der Waals surface area contributed by atoms with Crippen LogP contribution in [0.15, 0.2) is 30.0 Å². The summed E-state index contributed by atoms with van der Waals surface area (Å²) in [6.45, 7) is 1.53. The maximum absolute atomic E-state index is 13.4. The summed E-state index contributed by atoms with van der Waals surface area (Å²) in [6, 6.07) is 3.54. The number of rotatable bonds is 4. The van der Waals surface area contributed by atoms with Gasteiger partial charge in [-0.3, -0.25) is 4.79 Å². The van der Waals surface area contributed by atoms with Gasteiger partial charge in [-0.1, -0.05) is 6.07 Å². The maximum Gasteiger partial charge on any atom is 0.193 e. The first-order valence-electron chi connectivity index (χ1n) is 5.02. The van der Waals surface area contributed by atoms with Crippen LogP contribution in [-0.4, -0.2) is 24.9 Å². The average Bonchev–Trinajstić information content (AvgIpc) is 2.28. The third-order valence-electron chi connectivity index (χ3n) is 2.09. The molecule has 0 aliphatic heterocycles. The van der Waals surface area contributed by atoms with Crippen LogP contribution in [0.1, 0.15) is 17.3 Å². The Kier molecular flexibility index (Phi) is 4.34. The molecule has 0 saturated carbocycles. The van der Waals surface area contributed by atoms with Crippen molar-refractivity contribution in [3.63, 3.8) is 0 Å². The molecule has 0 heterocycles. The standard InChI is InChI=1S/C12H14F2N2O/c1-8(7-15-16(2)3)12(17)9-5-4-6-10(13)11(9)14/h4-7,15H,1-3H3/b8-7+. The summed E-state index contributed by atoms with van der Waals surface area (Å²) in [6.07, 6.45) is 1.44. The van der Waals surface area contributed by atoms with Crippen LogP contribution >= 0.6 is 0 Å². The molecule has 0 spiro atoms. The summed E-state index contributed by atoms with van der Waals surface area (Å²) in [5.74, 6) is -2.68. The van der Waals surface area contributed by atoms with Crippen molar-refractivity contribution in [3.05, 3.63) is 47.2 Å². The van der Waals surface area contributed by atoms with E-state index >= 15 is 0 Å². The SMILES string of the molecule is C/C(=C\NN(C)C)C(=O)c1cccc(F)c1F. The molecule has 0 unspecified atom stereocenters. The number of hydrogen-bond acceptors (Lipinski definition) is 3. The van der Waals surface area contributed by atoms with E-state index < -0.39 is 17.4 Å². The summed E-state index contributed by atoms with van der Waals surface area (Å²) in [5.41, 5.74) is 2.79. The summed E-state index contributed by atoms with van der Waals surface area (Å²) in [5, 5.41) is 1.62. The molecule has 0 atom stereocenters. The van der Waals surface area contributed by atoms with Crippen molar-refractivity contribution >= 4 is 5.78 Å². The highest BCUT2D eigenvalue weighted by molar-refractivity contribution is 6.08. The first kappa shape index (κ1) is 13.3. The van der Waals surface area contributed by atoms with Gasteiger partial charge < -0.3 is 5.43 Å². The molecule has 5 heteroatoms. The lowest BCUT2D eigenvalue weighted by molar-refractivity contribution is 0.102. The minimum absolute atomic E-state index is 0.265. The number of Topliss-reactive ketones (excluding diaryl/α,β-unsaturated/α-hetero) is 1. The second-order valence-electron chi connectivity index (χ2n) is 3.78. The molecule has 0 aliphatic carbocycles.